The molecule has 2 heteroatoms. The first kappa shape index (κ1) is 14.4. The van der Waals surface area contributed by atoms with E-state index in [9.17, 15) is 0 Å². The van der Waals surface area contributed by atoms with E-state index in [-0.39, 0.29) is 0 Å². The zero-order valence-electron chi connectivity index (χ0n) is 13.1. The molecule has 0 amide bonds. The minimum atomic E-state index is 0.624. The fraction of sp³-hybridized carbons (Fsp3) is 0.474. The van der Waals surface area contributed by atoms with Crippen molar-refractivity contribution in [1.82, 2.24) is 5.32 Å². The highest BCUT2D eigenvalue weighted by Crippen LogP contribution is 2.28. The van der Waals surface area contributed by atoms with E-state index in [1.807, 2.05) is 6.07 Å². The molecule has 0 bridgehead atoms. The van der Waals surface area contributed by atoms with Gasteiger partial charge in [-0.2, -0.15) is 0 Å². The van der Waals surface area contributed by atoms with Crippen LogP contribution in [0.25, 0.3) is 10.8 Å². The summed E-state index contributed by atoms with van der Waals surface area (Å²) in [5.74, 6) is 1.79. The van der Waals surface area contributed by atoms with Gasteiger partial charge < -0.3 is 10.1 Å². The van der Waals surface area contributed by atoms with Crippen LogP contribution in [-0.2, 0) is 6.54 Å². The molecule has 0 unspecified atom stereocenters. The number of hydrogen-bond acceptors (Lipinski definition) is 2. The van der Waals surface area contributed by atoms with E-state index in [0.29, 0.717) is 6.04 Å². The fourth-order valence-electron chi connectivity index (χ4n) is 3.41. The molecule has 0 aromatic heterocycles. The van der Waals surface area contributed by atoms with Crippen molar-refractivity contribution in [3.8, 4) is 5.75 Å². The molecule has 3 rings (SSSR count). The number of ether oxygens (including phenoxy) is 1. The molecule has 1 N–H and O–H groups in total. The summed E-state index contributed by atoms with van der Waals surface area (Å²) in [6, 6.07) is 13.6. The molecule has 1 fully saturated rings. The Bertz CT molecular complexity index is 602. The number of benzene rings is 2. The number of nitrogens with one attached hydrogen (secondary N) is 1. The van der Waals surface area contributed by atoms with Crippen LogP contribution in [0.15, 0.2) is 36.4 Å². The maximum atomic E-state index is 5.28. The zero-order chi connectivity index (χ0) is 14.7. The van der Waals surface area contributed by atoms with Crippen molar-refractivity contribution in [2.24, 2.45) is 5.92 Å². The molecule has 0 radical (unpaired) electrons. The van der Waals surface area contributed by atoms with Crippen molar-refractivity contribution >= 4 is 10.8 Å². The molecule has 0 heterocycles. The van der Waals surface area contributed by atoms with E-state index in [1.54, 1.807) is 7.11 Å². The molecule has 2 nitrogen and oxygen atoms in total. The quantitative estimate of drug-likeness (QED) is 0.871. The average Bonchev–Trinajstić information content (AvgIpc) is 3.06. The van der Waals surface area contributed by atoms with Crippen molar-refractivity contribution in [1.29, 1.82) is 0 Å². The summed E-state index contributed by atoms with van der Waals surface area (Å²) in [5.41, 5.74) is 1.36. The summed E-state index contributed by atoms with van der Waals surface area (Å²) in [5, 5.41) is 6.22. The van der Waals surface area contributed by atoms with Gasteiger partial charge in [0, 0.05) is 12.6 Å². The van der Waals surface area contributed by atoms with Gasteiger partial charge in [0.05, 0.1) is 7.11 Å². The third-order valence-corrected chi connectivity index (χ3v) is 4.85. The van der Waals surface area contributed by atoms with Crippen molar-refractivity contribution in [2.45, 2.75) is 45.2 Å². The van der Waals surface area contributed by atoms with E-state index in [1.165, 1.54) is 42.0 Å². The Kier molecular flexibility index (Phi) is 4.45. The van der Waals surface area contributed by atoms with Gasteiger partial charge in [0.1, 0.15) is 5.75 Å². The van der Waals surface area contributed by atoms with Gasteiger partial charge in [-0.1, -0.05) is 31.0 Å². The van der Waals surface area contributed by atoms with Gasteiger partial charge in [-0.25, -0.2) is 0 Å². The second-order valence-electron chi connectivity index (χ2n) is 6.26. The van der Waals surface area contributed by atoms with Crippen LogP contribution in [0.4, 0.5) is 0 Å². The maximum absolute atomic E-state index is 5.28. The fourth-order valence-corrected chi connectivity index (χ4v) is 3.41. The highest BCUT2D eigenvalue weighted by molar-refractivity contribution is 5.84. The molecule has 1 saturated carbocycles. The summed E-state index contributed by atoms with van der Waals surface area (Å²) >= 11 is 0. The van der Waals surface area contributed by atoms with Crippen LogP contribution in [0, 0.1) is 5.92 Å². The van der Waals surface area contributed by atoms with Crippen molar-refractivity contribution in [2.75, 3.05) is 7.11 Å². The van der Waals surface area contributed by atoms with E-state index >= 15 is 0 Å². The van der Waals surface area contributed by atoms with Crippen LogP contribution < -0.4 is 10.1 Å². The van der Waals surface area contributed by atoms with E-state index in [0.717, 1.165) is 18.2 Å². The summed E-state index contributed by atoms with van der Waals surface area (Å²) < 4.78 is 5.28. The van der Waals surface area contributed by atoms with E-state index in [2.05, 4.69) is 42.6 Å². The lowest BCUT2D eigenvalue weighted by atomic mass is 9.99. The maximum Gasteiger partial charge on any atom is 0.119 e. The Morgan fingerprint density at radius 2 is 1.81 bits per heavy atom. The monoisotopic (exact) mass is 283 g/mol. The Morgan fingerprint density at radius 3 is 2.57 bits per heavy atom. The largest absolute Gasteiger partial charge is 0.497 e. The molecule has 21 heavy (non-hydrogen) atoms. The lowest BCUT2D eigenvalue weighted by molar-refractivity contribution is 0.380. The molecule has 2 aromatic rings. The molecule has 2 aromatic carbocycles. The summed E-state index contributed by atoms with van der Waals surface area (Å²) in [6.07, 6.45) is 5.61. The van der Waals surface area contributed by atoms with Gasteiger partial charge in [0.15, 0.2) is 0 Å². The number of fused-ring (bicyclic) bond motifs is 1. The predicted molar refractivity (Wildman–Crippen MR) is 88.8 cm³/mol. The molecule has 1 atom stereocenters. The minimum absolute atomic E-state index is 0.624. The normalized spacial score (nSPS) is 17.2. The van der Waals surface area contributed by atoms with Crippen molar-refractivity contribution < 1.29 is 4.74 Å². The zero-order valence-corrected chi connectivity index (χ0v) is 13.1. The molecule has 1 aliphatic rings. The van der Waals surface area contributed by atoms with Crippen molar-refractivity contribution in [3.05, 3.63) is 42.0 Å². The van der Waals surface area contributed by atoms with Gasteiger partial charge in [0.25, 0.3) is 0 Å². The van der Waals surface area contributed by atoms with Crippen molar-refractivity contribution in [3.63, 3.8) is 0 Å². The Morgan fingerprint density at radius 1 is 1.10 bits per heavy atom. The van der Waals surface area contributed by atoms with Crippen LogP contribution >= 0.6 is 0 Å². The summed E-state index contributed by atoms with van der Waals surface area (Å²) in [6.45, 7) is 3.29. The average molecular weight is 283 g/mol. The topological polar surface area (TPSA) is 21.3 Å². The van der Waals surface area contributed by atoms with Crippen LogP contribution in [0.2, 0.25) is 0 Å². The SMILES string of the molecule is COc1ccc2cc(CN[C@H](C)C3CCCC3)ccc2c1. The molecule has 0 aliphatic heterocycles. The van der Waals surface area contributed by atoms with Gasteiger partial charge in [0.2, 0.25) is 0 Å². The summed E-state index contributed by atoms with van der Waals surface area (Å²) in [4.78, 5) is 0. The first-order valence-corrected chi connectivity index (χ1v) is 8.06. The van der Waals surface area contributed by atoms with Crippen LogP contribution in [0.5, 0.6) is 5.75 Å². The molecule has 0 spiro atoms. The lowest BCUT2D eigenvalue weighted by Crippen LogP contribution is -2.31. The smallest absolute Gasteiger partial charge is 0.119 e. The van der Waals surface area contributed by atoms with E-state index < -0.39 is 0 Å². The first-order valence-electron chi connectivity index (χ1n) is 8.06. The number of methoxy groups -OCH3 is 1. The molecular formula is C19H25NO. The van der Waals surface area contributed by atoms with Crippen LogP contribution in [-0.4, -0.2) is 13.2 Å². The first-order chi connectivity index (χ1) is 10.3. The second-order valence-corrected chi connectivity index (χ2v) is 6.26. The van der Waals surface area contributed by atoms with Gasteiger partial charge in [-0.3, -0.25) is 0 Å². The third-order valence-electron chi connectivity index (χ3n) is 4.85. The standard InChI is InChI=1S/C19H25NO/c1-14(16-5-3-4-6-16)20-13-15-7-8-18-12-19(21-2)10-9-17(18)11-15/h7-12,14,16,20H,3-6,13H2,1-2H3/t14-/m1/s1. The third kappa shape index (κ3) is 3.38. The Balaban J connectivity index is 1.66. The van der Waals surface area contributed by atoms with Gasteiger partial charge >= 0.3 is 0 Å². The molecular weight excluding hydrogens is 258 g/mol. The highest BCUT2D eigenvalue weighted by Gasteiger charge is 2.20. The van der Waals surface area contributed by atoms with Crippen LogP contribution in [0.3, 0.4) is 0 Å². The van der Waals surface area contributed by atoms with Gasteiger partial charge in [-0.15, -0.1) is 0 Å². The minimum Gasteiger partial charge on any atom is -0.497 e. The summed E-state index contributed by atoms with van der Waals surface area (Å²) in [7, 11) is 1.71. The van der Waals surface area contributed by atoms with Gasteiger partial charge in [-0.05, 0) is 60.2 Å². The molecule has 1 aliphatic carbocycles. The predicted octanol–water partition coefficient (Wildman–Crippen LogP) is 4.52. The van der Waals surface area contributed by atoms with Crippen LogP contribution in [0.1, 0.15) is 38.2 Å². The lowest BCUT2D eigenvalue weighted by Gasteiger charge is -2.20. The van der Waals surface area contributed by atoms with E-state index in [4.69, 9.17) is 4.74 Å². The molecule has 0 saturated heterocycles. The second kappa shape index (κ2) is 6.48. The Labute approximate surface area is 127 Å². The highest BCUT2D eigenvalue weighted by atomic mass is 16.5. The Hall–Kier alpha value is -1.54. The molecule has 112 valence electrons. The number of hydrogen-bond donors (Lipinski definition) is 1. The number of rotatable bonds is 5.